The summed E-state index contributed by atoms with van der Waals surface area (Å²) in [4.78, 5) is 3.67. The van der Waals surface area contributed by atoms with Crippen LogP contribution in [0.2, 0.25) is 5.02 Å². The first-order chi connectivity index (χ1) is 9.82. The summed E-state index contributed by atoms with van der Waals surface area (Å²) < 4.78 is 51.9. The number of hydrogen-bond donors (Lipinski definition) is 1. The maximum atomic E-state index is 14.0. The molecule has 1 N–H and O–H groups in total. The fraction of sp³-hybridized carbons (Fsp3) is 0.308. The Morgan fingerprint density at radius 2 is 2.10 bits per heavy atom. The predicted molar refractivity (Wildman–Crippen MR) is 74.0 cm³/mol. The largest absolute Gasteiger partial charge is 0.443 e. The molecule has 1 aromatic carbocycles. The molecule has 2 nitrogen and oxygen atoms in total. The van der Waals surface area contributed by atoms with Crippen LogP contribution in [0, 0.1) is 5.82 Å². The highest BCUT2D eigenvalue weighted by molar-refractivity contribution is 7.11. The minimum atomic E-state index is -4.50. The fourth-order valence-corrected chi connectivity index (χ4v) is 2.89. The van der Waals surface area contributed by atoms with E-state index in [1.807, 2.05) is 0 Å². The summed E-state index contributed by atoms with van der Waals surface area (Å²) in [6, 6.07) is 3.39. The van der Waals surface area contributed by atoms with E-state index < -0.39 is 23.0 Å². The van der Waals surface area contributed by atoms with Crippen LogP contribution in [0.1, 0.15) is 28.4 Å². The lowest BCUT2D eigenvalue weighted by Gasteiger charge is -2.17. The molecule has 2 aromatic rings. The van der Waals surface area contributed by atoms with Crippen LogP contribution < -0.4 is 5.32 Å². The maximum absolute atomic E-state index is 14.0. The second-order valence-corrected chi connectivity index (χ2v) is 5.72. The molecule has 0 bridgehead atoms. The molecule has 0 aliphatic carbocycles. The quantitative estimate of drug-likeness (QED) is 0.821. The highest BCUT2D eigenvalue weighted by atomic mass is 35.5. The molecule has 0 amide bonds. The van der Waals surface area contributed by atoms with Crippen molar-refractivity contribution in [3.05, 3.63) is 50.7 Å². The summed E-state index contributed by atoms with van der Waals surface area (Å²) in [5.74, 6) is -0.574. The average Bonchev–Trinajstić information content (AvgIpc) is 2.86. The smallest absolute Gasteiger partial charge is 0.306 e. The fourth-order valence-electron chi connectivity index (χ4n) is 1.85. The third kappa shape index (κ3) is 3.72. The maximum Gasteiger partial charge on any atom is 0.443 e. The molecule has 1 aromatic heterocycles. The lowest BCUT2D eigenvalue weighted by Crippen LogP contribution is -2.22. The van der Waals surface area contributed by atoms with Gasteiger partial charge in [0.2, 0.25) is 0 Å². The number of alkyl halides is 3. The zero-order valence-corrected chi connectivity index (χ0v) is 12.4. The Morgan fingerprint density at radius 3 is 2.62 bits per heavy atom. The third-order valence-corrected chi connectivity index (χ3v) is 4.07. The summed E-state index contributed by atoms with van der Waals surface area (Å²) in [5, 5.41) is 2.24. The molecule has 114 valence electrons. The number of halogens is 5. The van der Waals surface area contributed by atoms with Crippen molar-refractivity contribution in [1.82, 2.24) is 10.3 Å². The number of nitrogens with one attached hydrogen (secondary N) is 1. The monoisotopic (exact) mass is 338 g/mol. The summed E-state index contributed by atoms with van der Waals surface area (Å²) in [5.41, 5.74) is 0.235. The molecule has 1 unspecified atom stereocenters. The van der Waals surface area contributed by atoms with Gasteiger partial charge in [0.25, 0.3) is 0 Å². The number of thiazole rings is 1. The first-order valence-corrected chi connectivity index (χ1v) is 7.23. The van der Waals surface area contributed by atoms with E-state index in [0.717, 1.165) is 12.3 Å². The van der Waals surface area contributed by atoms with Gasteiger partial charge in [0.05, 0.1) is 6.04 Å². The van der Waals surface area contributed by atoms with Gasteiger partial charge in [0, 0.05) is 21.7 Å². The Bertz CT molecular complexity index is 627. The van der Waals surface area contributed by atoms with Crippen LogP contribution in [-0.2, 0) is 6.18 Å². The van der Waals surface area contributed by atoms with Gasteiger partial charge in [-0.05, 0) is 18.7 Å². The zero-order chi connectivity index (χ0) is 15.6. The van der Waals surface area contributed by atoms with E-state index in [0.29, 0.717) is 22.8 Å². The van der Waals surface area contributed by atoms with Gasteiger partial charge in [-0.15, -0.1) is 11.3 Å². The molecule has 0 aliphatic heterocycles. The van der Waals surface area contributed by atoms with E-state index in [1.54, 1.807) is 6.92 Å². The number of hydrogen-bond acceptors (Lipinski definition) is 3. The van der Waals surface area contributed by atoms with Crippen LogP contribution >= 0.6 is 22.9 Å². The predicted octanol–water partition coefficient (Wildman–Crippen LogP) is 4.65. The second kappa shape index (κ2) is 6.29. The van der Waals surface area contributed by atoms with Crippen molar-refractivity contribution in [2.75, 3.05) is 6.54 Å². The number of benzene rings is 1. The van der Waals surface area contributed by atoms with Gasteiger partial charge in [-0.1, -0.05) is 24.6 Å². The van der Waals surface area contributed by atoms with E-state index in [-0.39, 0.29) is 10.6 Å². The van der Waals surface area contributed by atoms with Crippen molar-refractivity contribution in [2.24, 2.45) is 0 Å². The Labute approximate surface area is 127 Å². The van der Waals surface area contributed by atoms with Crippen molar-refractivity contribution in [3.8, 4) is 0 Å². The minimum Gasteiger partial charge on any atom is -0.306 e. The van der Waals surface area contributed by atoms with Gasteiger partial charge in [-0.25, -0.2) is 9.37 Å². The molecule has 0 saturated carbocycles. The molecule has 0 aliphatic rings. The number of nitrogens with zero attached hydrogens (tertiary/aromatic N) is 1. The minimum absolute atomic E-state index is 0.229. The van der Waals surface area contributed by atoms with Crippen molar-refractivity contribution < 1.29 is 17.6 Å². The van der Waals surface area contributed by atoms with E-state index in [1.165, 1.54) is 12.1 Å². The summed E-state index contributed by atoms with van der Waals surface area (Å²) >= 11 is 6.19. The number of rotatable bonds is 4. The zero-order valence-electron chi connectivity index (χ0n) is 10.8. The molecular weight excluding hydrogens is 328 g/mol. The Balaban J connectivity index is 2.41. The van der Waals surface area contributed by atoms with E-state index in [4.69, 9.17) is 11.6 Å². The van der Waals surface area contributed by atoms with Crippen molar-refractivity contribution in [3.63, 3.8) is 0 Å². The molecule has 1 atom stereocenters. The van der Waals surface area contributed by atoms with Crippen molar-refractivity contribution in [2.45, 2.75) is 19.1 Å². The van der Waals surface area contributed by atoms with Crippen molar-refractivity contribution >= 4 is 22.9 Å². The molecule has 0 spiro atoms. The first-order valence-electron chi connectivity index (χ1n) is 6.04. The summed E-state index contributed by atoms with van der Waals surface area (Å²) in [7, 11) is 0. The molecule has 0 radical (unpaired) electrons. The summed E-state index contributed by atoms with van der Waals surface area (Å²) in [6.07, 6.45) is -3.38. The van der Waals surface area contributed by atoms with E-state index >= 15 is 0 Å². The lowest BCUT2D eigenvalue weighted by molar-refractivity contribution is -0.137. The van der Waals surface area contributed by atoms with Gasteiger partial charge in [-0.2, -0.15) is 13.2 Å². The molecule has 0 saturated heterocycles. The standard InChI is InChI=1S/C13H11ClF4N2S/c1-2-19-11(8-4-3-7(14)5-9(8)15)10-6-20-12(21-10)13(16,17)18/h3-6,11,19H,2H2,1H3. The lowest BCUT2D eigenvalue weighted by atomic mass is 10.1. The van der Waals surface area contributed by atoms with Crippen LogP contribution in [0.15, 0.2) is 24.4 Å². The number of aromatic nitrogens is 1. The molecule has 8 heteroatoms. The van der Waals surface area contributed by atoms with Gasteiger partial charge in [0.1, 0.15) is 5.82 Å². The molecule has 1 heterocycles. The highest BCUT2D eigenvalue weighted by Gasteiger charge is 2.35. The average molecular weight is 339 g/mol. The Hall–Kier alpha value is -1.18. The summed E-state index contributed by atoms with van der Waals surface area (Å²) in [6.45, 7) is 2.25. The van der Waals surface area contributed by atoms with Gasteiger partial charge in [-0.3, -0.25) is 0 Å². The van der Waals surface area contributed by atoms with Crippen LogP contribution in [0.5, 0.6) is 0 Å². The highest BCUT2D eigenvalue weighted by Crippen LogP contribution is 2.36. The Morgan fingerprint density at radius 1 is 1.38 bits per heavy atom. The SMILES string of the molecule is CCNC(c1cnc(C(F)(F)F)s1)c1ccc(Cl)cc1F. The topological polar surface area (TPSA) is 24.9 Å². The van der Waals surface area contributed by atoms with Gasteiger partial charge >= 0.3 is 6.18 Å². The molecular formula is C13H11ClF4N2S. The van der Waals surface area contributed by atoms with Crippen LogP contribution in [0.3, 0.4) is 0 Å². The third-order valence-electron chi connectivity index (χ3n) is 2.73. The Kier molecular flexibility index (Phi) is 4.85. The van der Waals surface area contributed by atoms with Gasteiger partial charge in [0.15, 0.2) is 5.01 Å². The molecule has 0 fully saturated rings. The molecule has 2 rings (SSSR count). The van der Waals surface area contributed by atoms with Gasteiger partial charge < -0.3 is 5.32 Å². The van der Waals surface area contributed by atoms with Crippen molar-refractivity contribution in [1.29, 1.82) is 0 Å². The van der Waals surface area contributed by atoms with E-state index in [9.17, 15) is 17.6 Å². The second-order valence-electron chi connectivity index (χ2n) is 4.22. The van der Waals surface area contributed by atoms with Crippen LogP contribution in [0.4, 0.5) is 17.6 Å². The van der Waals surface area contributed by atoms with E-state index in [2.05, 4.69) is 10.3 Å². The van der Waals surface area contributed by atoms with Crippen LogP contribution in [-0.4, -0.2) is 11.5 Å². The van der Waals surface area contributed by atoms with Crippen LogP contribution in [0.25, 0.3) is 0 Å². The normalized spacial score (nSPS) is 13.4. The molecule has 21 heavy (non-hydrogen) atoms. The first kappa shape index (κ1) is 16.2.